The molecule has 11 atom stereocenters. The van der Waals surface area contributed by atoms with E-state index in [0.717, 1.165) is 12.1 Å². The molecule has 0 radical (unpaired) electrons. The summed E-state index contributed by atoms with van der Waals surface area (Å²) in [6, 6.07) is 20.9. The van der Waals surface area contributed by atoms with Crippen molar-refractivity contribution in [3.05, 3.63) is 119 Å². The van der Waals surface area contributed by atoms with Crippen molar-refractivity contribution in [2.24, 2.45) is 16.7 Å². The van der Waals surface area contributed by atoms with Gasteiger partial charge in [-0.25, -0.2) is 14.0 Å². The molecule has 67 heavy (non-hydrogen) atoms. The van der Waals surface area contributed by atoms with Crippen molar-refractivity contribution in [3.8, 4) is 0 Å². The Kier molecular flexibility index (Phi) is 14.9. The highest BCUT2D eigenvalue weighted by molar-refractivity contribution is 7.80. The number of benzene rings is 3. The van der Waals surface area contributed by atoms with E-state index in [2.05, 4.69) is 17.9 Å². The van der Waals surface area contributed by atoms with Gasteiger partial charge in [-0.3, -0.25) is 14.4 Å². The number of carbonyl (C=O) groups is 5. The predicted molar refractivity (Wildman–Crippen MR) is 245 cm³/mol. The van der Waals surface area contributed by atoms with Crippen LogP contribution in [-0.4, -0.2) is 115 Å². The minimum Gasteiger partial charge on any atom is -0.456 e. The maximum absolute atomic E-state index is 16.0. The van der Waals surface area contributed by atoms with Gasteiger partial charge in [-0.15, -0.1) is 0 Å². The number of esters is 3. The highest BCUT2D eigenvalue weighted by atomic mass is 32.1. The zero-order valence-corrected chi connectivity index (χ0v) is 39.7. The summed E-state index contributed by atoms with van der Waals surface area (Å²) < 4.78 is 58.7. The highest BCUT2D eigenvalue weighted by Crippen LogP contribution is 2.65. The van der Waals surface area contributed by atoms with Crippen molar-refractivity contribution in [1.82, 2.24) is 5.32 Å². The lowest BCUT2D eigenvalue weighted by Gasteiger charge is -2.68. The van der Waals surface area contributed by atoms with Gasteiger partial charge in [0.15, 0.2) is 17.5 Å². The summed E-state index contributed by atoms with van der Waals surface area (Å²) in [6.07, 6.45) is -8.07. The molecule has 4 aliphatic rings. The molecule has 1 heterocycles. The number of hydrogen-bond acceptors (Lipinski definition) is 14. The van der Waals surface area contributed by atoms with Crippen molar-refractivity contribution < 1.29 is 66.6 Å². The first kappa shape index (κ1) is 49.9. The number of nitrogens with one attached hydrogen (secondary N) is 1. The van der Waals surface area contributed by atoms with Crippen LogP contribution in [0.3, 0.4) is 0 Å². The summed E-state index contributed by atoms with van der Waals surface area (Å²) in [5.74, 6) is -5.29. The Morgan fingerprint density at radius 1 is 0.910 bits per heavy atom. The molecule has 2 saturated carbocycles. The number of fused-ring (bicyclic) bond motifs is 5. The minimum atomic E-state index is -2.27. The van der Waals surface area contributed by atoms with E-state index in [1.165, 1.54) is 19.1 Å². The van der Waals surface area contributed by atoms with Crippen LogP contribution in [0.2, 0.25) is 0 Å². The Bertz CT molecular complexity index is 2350. The van der Waals surface area contributed by atoms with Crippen molar-refractivity contribution in [3.63, 3.8) is 0 Å². The number of hydrogen-bond donors (Lipinski definition) is 3. The Hall–Kier alpha value is -4.97. The molecule has 3 fully saturated rings. The van der Waals surface area contributed by atoms with Crippen LogP contribution in [0.15, 0.2) is 96.1 Å². The Balaban J connectivity index is 1.42. The van der Waals surface area contributed by atoms with Crippen molar-refractivity contribution in [2.75, 3.05) is 32.2 Å². The average molecular weight is 946 g/mol. The third kappa shape index (κ3) is 8.96. The highest BCUT2D eigenvalue weighted by Gasteiger charge is 2.78. The summed E-state index contributed by atoms with van der Waals surface area (Å²) in [4.78, 5) is 72.5. The number of ether oxygens (including phenoxy) is 7. The van der Waals surface area contributed by atoms with Crippen molar-refractivity contribution in [1.29, 1.82) is 0 Å². The Labute approximate surface area is 395 Å². The molecule has 1 amide bonds. The zero-order valence-electron chi connectivity index (χ0n) is 38.8. The Morgan fingerprint density at radius 3 is 2.15 bits per heavy atom. The quantitative estimate of drug-likeness (QED) is 0.0627. The van der Waals surface area contributed by atoms with Gasteiger partial charge in [0, 0.05) is 49.7 Å². The summed E-state index contributed by atoms with van der Waals surface area (Å²) in [7, 11) is 0. The first-order valence-corrected chi connectivity index (χ1v) is 23.3. The number of carbonyl (C=O) groups excluding carboxylic acids is 5. The third-order valence-corrected chi connectivity index (χ3v) is 14.5. The van der Waals surface area contributed by atoms with E-state index < -0.39 is 112 Å². The third-order valence-electron chi connectivity index (χ3n) is 14.3. The van der Waals surface area contributed by atoms with Gasteiger partial charge in [0.2, 0.25) is 0 Å². The van der Waals surface area contributed by atoms with Crippen LogP contribution in [0, 0.1) is 22.6 Å². The molecule has 1 unspecified atom stereocenters. The van der Waals surface area contributed by atoms with E-state index in [0.29, 0.717) is 16.7 Å². The Morgan fingerprint density at radius 2 is 1.57 bits per heavy atom. The maximum atomic E-state index is 16.0. The largest absolute Gasteiger partial charge is 0.456 e. The number of amides is 1. The minimum absolute atomic E-state index is 0.0329. The normalized spacial score (nSPS) is 30.5. The summed E-state index contributed by atoms with van der Waals surface area (Å²) in [5.41, 5.74) is -5.69. The van der Waals surface area contributed by atoms with E-state index in [-0.39, 0.29) is 49.7 Å². The fraction of sp³-hybridized carbons (Fsp3) is 0.510. The number of rotatable bonds is 16. The molecule has 3 aromatic carbocycles. The average Bonchev–Trinajstić information content (AvgIpc) is 3.30. The molecule has 1 aliphatic heterocycles. The number of ketones is 1. The number of aliphatic hydroxyl groups is 1. The lowest BCUT2D eigenvalue weighted by molar-refractivity contribution is -0.348. The molecule has 1 saturated heterocycles. The lowest BCUT2D eigenvalue weighted by atomic mass is 9.44. The molecule has 2 bridgehead atoms. The van der Waals surface area contributed by atoms with Gasteiger partial charge in [0.1, 0.15) is 35.8 Å². The second-order valence-electron chi connectivity index (χ2n) is 18.3. The fourth-order valence-electron chi connectivity index (χ4n) is 11.0. The van der Waals surface area contributed by atoms with Crippen LogP contribution in [-0.2, 0) is 47.5 Å². The fourth-order valence-corrected chi connectivity index (χ4v) is 11.1. The topological polar surface area (TPSA) is 182 Å². The molecule has 0 aromatic heterocycles. The van der Waals surface area contributed by atoms with Crippen LogP contribution in [0.5, 0.6) is 0 Å². The molecule has 3 aromatic rings. The van der Waals surface area contributed by atoms with Crippen LogP contribution in [0.4, 0.5) is 4.39 Å². The number of halogens is 1. The number of thiol groups is 1. The smallest absolute Gasteiger partial charge is 0.338 e. The first-order chi connectivity index (χ1) is 31.9. The molecule has 0 spiro atoms. The van der Waals surface area contributed by atoms with Crippen molar-refractivity contribution >= 4 is 42.2 Å². The van der Waals surface area contributed by atoms with Gasteiger partial charge >= 0.3 is 17.9 Å². The first-order valence-electron chi connectivity index (χ1n) is 22.7. The standard InChI is InChI=1S/C51H60FNO13S/c1-8-60-40-38-29(3)35(64-47(58)41(61-9-2)39(31-16-12-10-13-17-31)53-45(56)32-18-14-11-15-19-32)27-51(59,48(38,5)6)44(65-46(57)33-20-22-34(52)23-21-33)42-49(7,43(40)55)36(62-24-25-67)26-37-50(42,28-63-37)66-30(4)54/h10-23,35-37,39-42,44,59,67H,8-9,24-28H2,1-7H3,(H,53,56)/t35-,36-,37+,39-,40+,41+,42?,44-,49+,50-,51+/m0/s1. The van der Waals surface area contributed by atoms with Gasteiger partial charge < -0.3 is 43.6 Å². The molecule has 7 rings (SSSR count). The van der Waals surface area contributed by atoms with E-state index >= 15 is 4.79 Å². The predicted octanol–water partition coefficient (Wildman–Crippen LogP) is 6.35. The van der Waals surface area contributed by atoms with Gasteiger partial charge in [-0.1, -0.05) is 62.4 Å². The van der Waals surface area contributed by atoms with E-state index in [1.54, 1.807) is 102 Å². The maximum Gasteiger partial charge on any atom is 0.338 e. The van der Waals surface area contributed by atoms with Crippen LogP contribution in [0.25, 0.3) is 0 Å². The van der Waals surface area contributed by atoms with Crippen molar-refractivity contribution in [2.45, 2.75) is 115 Å². The van der Waals surface area contributed by atoms with E-state index in [9.17, 15) is 28.7 Å². The monoisotopic (exact) mass is 945 g/mol. The molecule has 14 nitrogen and oxygen atoms in total. The SMILES string of the molecule is CCO[C@H]1C(=O)[C@@]2(C)C([C@H](OC(=O)c3ccc(F)cc3)[C@]3(O)C[C@H](OC(=O)[C@H](OCC)[C@@H](NC(=O)c4ccccc4)c4ccccc4)C(C)=C1C3(C)C)[C@]1(OC(C)=O)CO[C@@H]1C[C@@H]2OCCS. The van der Waals surface area contributed by atoms with E-state index in [1.807, 2.05) is 0 Å². The molecule has 16 heteroatoms. The second kappa shape index (κ2) is 19.9. The van der Waals surface area contributed by atoms with Gasteiger partial charge in [-0.2, -0.15) is 12.6 Å². The van der Waals surface area contributed by atoms with Gasteiger partial charge in [0.25, 0.3) is 5.91 Å². The molecule has 2 N–H and O–H groups in total. The van der Waals surface area contributed by atoms with Gasteiger partial charge in [0.05, 0.1) is 42.3 Å². The number of Topliss-reactive ketones (excluding diaryl/α,β-unsaturated/α-hetero) is 1. The molecule has 3 aliphatic carbocycles. The lowest BCUT2D eigenvalue weighted by Crippen LogP contribution is -2.82. The van der Waals surface area contributed by atoms with Crippen LogP contribution in [0.1, 0.15) is 93.6 Å². The molecular weight excluding hydrogens is 886 g/mol. The molecular formula is C51H60FNO13S. The van der Waals surface area contributed by atoms with Crippen LogP contribution < -0.4 is 5.32 Å². The van der Waals surface area contributed by atoms with Gasteiger partial charge in [-0.05, 0) is 80.8 Å². The van der Waals surface area contributed by atoms with E-state index in [4.69, 9.17) is 33.2 Å². The second-order valence-corrected chi connectivity index (χ2v) is 18.8. The molecule has 360 valence electrons. The summed E-state index contributed by atoms with van der Waals surface area (Å²) in [5, 5.41) is 17.0. The summed E-state index contributed by atoms with van der Waals surface area (Å²) >= 11 is 4.39. The van der Waals surface area contributed by atoms with Crippen LogP contribution >= 0.6 is 12.6 Å². The summed E-state index contributed by atoms with van der Waals surface area (Å²) in [6.45, 7) is 11.3. The zero-order chi connectivity index (χ0) is 48.5.